The van der Waals surface area contributed by atoms with Crippen LogP contribution in [0.4, 0.5) is 0 Å². The molecule has 1 atom stereocenters. The SMILES string of the molecule is NC(CC1(c2ccccc2Br)COC1)C(=O)O. The number of halogens is 1. The first-order chi connectivity index (χ1) is 8.05. The maximum Gasteiger partial charge on any atom is 0.320 e. The standard InChI is InChI=1S/C12H14BrNO3/c13-9-4-2-1-3-8(9)12(6-17-7-12)5-10(14)11(15)16/h1-4,10H,5-7,14H2,(H,15,16). The van der Waals surface area contributed by atoms with E-state index in [1.807, 2.05) is 24.3 Å². The zero-order valence-corrected chi connectivity index (χ0v) is 10.8. The molecule has 4 nitrogen and oxygen atoms in total. The summed E-state index contributed by atoms with van der Waals surface area (Å²) in [5.41, 5.74) is 6.44. The van der Waals surface area contributed by atoms with Crippen molar-refractivity contribution in [1.29, 1.82) is 0 Å². The van der Waals surface area contributed by atoms with Gasteiger partial charge in [-0.15, -0.1) is 0 Å². The number of carbonyl (C=O) groups is 1. The maximum atomic E-state index is 10.9. The highest BCUT2D eigenvalue weighted by Gasteiger charge is 2.43. The van der Waals surface area contributed by atoms with Crippen molar-refractivity contribution in [3.63, 3.8) is 0 Å². The summed E-state index contributed by atoms with van der Waals surface area (Å²) in [4.78, 5) is 10.9. The highest BCUT2D eigenvalue weighted by atomic mass is 79.9. The molecule has 3 N–H and O–H groups in total. The van der Waals surface area contributed by atoms with Gasteiger partial charge in [0.15, 0.2) is 0 Å². The summed E-state index contributed by atoms with van der Waals surface area (Å²) in [5, 5.41) is 8.90. The monoisotopic (exact) mass is 299 g/mol. The zero-order chi connectivity index (χ0) is 12.5. The van der Waals surface area contributed by atoms with Gasteiger partial charge in [-0.05, 0) is 18.1 Å². The Bertz CT molecular complexity index is 432. The highest BCUT2D eigenvalue weighted by Crippen LogP contribution is 2.40. The van der Waals surface area contributed by atoms with Gasteiger partial charge in [-0.25, -0.2) is 0 Å². The summed E-state index contributed by atoms with van der Waals surface area (Å²) >= 11 is 3.49. The van der Waals surface area contributed by atoms with Crippen LogP contribution >= 0.6 is 15.9 Å². The van der Waals surface area contributed by atoms with E-state index in [1.165, 1.54) is 0 Å². The minimum Gasteiger partial charge on any atom is -0.480 e. The Hall–Kier alpha value is -0.910. The Morgan fingerprint density at radius 1 is 1.53 bits per heavy atom. The molecule has 5 heteroatoms. The third-order valence-corrected chi connectivity index (χ3v) is 3.82. The normalized spacial score (nSPS) is 19.4. The molecule has 1 unspecified atom stereocenters. The van der Waals surface area contributed by atoms with Crippen LogP contribution in [-0.2, 0) is 14.9 Å². The molecule has 0 radical (unpaired) electrons. The van der Waals surface area contributed by atoms with Gasteiger partial charge >= 0.3 is 5.97 Å². The van der Waals surface area contributed by atoms with E-state index < -0.39 is 12.0 Å². The fourth-order valence-electron chi connectivity index (χ4n) is 2.13. The van der Waals surface area contributed by atoms with Crippen LogP contribution in [0.1, 0.15) is 12.0 Å². The lowest BCUT2D eigenvalue weighted by Crippen LogP contribution is -2.52. The van der Waals surface area contributed by atoms with Crippen molar-refractivity contribution < 1.29 is 14.6 Å². The van der Waals surface area contributed by atoms with Crippen molar-refractivity contribution in [3.8, 4) is 0 Å². The smallest absolute Gasteiger partial charge is 0.320 e. The van der Waals surface area contributed by atoms with E-state index in [4.69, 9.17) is 15.6 Å². The number of nitrogens with two attached hydrogens (primary N) is 1. The van der Waals surface area contributed by atoms with Crippen LogP contribution in [0.25, 0.3) is 0 Å². The van der Waals surface area contributed by atoms with Crippen LogP contribution in [0.15, 0.2) is 28.7 Å². The van der Waals surface area contributed by atoms with Gasteiger partial charge in [0, 0.05) is 9.89 Å². The number of aliphatic carboxylic acids is 1. The first kappa shape index (κ1) is 12.5. The molecule has 0 saturated carbocycles. The second kappa shape index (κ2) is 4.76. The van der Waals surface area contributed by atoms with E-state index in [9.17, 15) is 4.79 Å². The molecule has 1 aromatic carbocycles. The van der Waals surface area contributed by atoms with Crippen molar-refractivity contribution in [2.24, 2.45) is 5.73 Å². The highest BCUT2D eigenvalue weighted by molar-refractivity contribution is 9.10. The first-order valence-electron chi connectivity index (χ1n) is 5.36. The average molecular weight is 300 g/mol. The zero-order valence-electron chi connectivity index (χ0n) is 9.23. The van der Waals surface area contributed by atoms with E-state index in [1.54, 1.807) is 0 Å². The third-order valence-electron chi connectivity index (χ3n) is 3.13. The lowest BCUT2D eigenvalue weighted by molar-refractivity contribution is -0.141. The second-order valence-corrected chi connectivity index (χ2v) is 5.26. The van der Waals surface area contributed by atoms with Gasteiger partial charge in [0.05, 0.1) is 13.2 Å². The van der Waals surface area contributed by atoms with Gasteiger partial charge < -0.3 is 15.6 Å². The molecule has 2 rings (SSSR count). The van der Waals surface area contributed by atoms with E-state index in [0.717, 1.165) is 10.0 Å². The molecular formula is C12H14BrNO3. The second-order valence-electron chi connectivity index (χ2n) is 4.40. The molecule has 0 aliphatic carbocycles. The molecule has 1 heterocycles. The third kappa shape index (κ3) is 2.36. The van der Waals surface area contributed by atoms with E-state index >= 15 is 0 Å². The molecular weight excluding hydrogens is 286 g/mol. The molecule has 0 bridgehead atoms. The number of ether oxygens (including phenoxy) is 1. The van der Waals surface area contributed by atoms with E-state index in [2.05, 4.69) is 15.9 Å². The van der Waals surface area contributed by atoms with Gasteiger partial charge in [0.25, 0.3) is 0 Å². The Morgan fingerprint density at radius 3 is 2.65 bits per heavy atom. The fourth-order valence-corrected chi connectivity index (χ4v) is 2.84. The summed E-state index contributed by atoms with van der Waals surface area (Å²) in [6.45, 7) is 1.05. The van der Waals surface area contributed by atoms with Crippen LogP contribution in [0.3, 0.4) is 0 Å². The van der Waals surface area contributed by atoms with Crippen LogP contribution in [0.5, 0.6) is 0 Å². The average Bonchev–Trinajstić information content (AvgIpc) is 2.24. The quantitative estimate of drug-likeness (QED) is 0.884. The van der Waals surface area contributed by atoms with Crippen molar-refractivity contribution in [2.75, 3.05) is 13.2 Å². The van der Waals surface area contributed by atoms with Gasteiger partial charge in [0.1, 0.15) is 6.04 Å². The lowest BCUT2D eigenvalue weighted by Gasteiger charge is -2.43. The molecule has 1 aliphatic heterocycles. The van der Waals surface area contributed by atoms with E-state index in [0.29, 0.717) is 19.6 Å². The summed E-state index contributed by atoms with van der Waals surface area (Å²) in [7, 11) is 0. The largest absolute Gasteiger partial charge is 0.480 e. The van der Waals surface area contributed by atoms with Crippen LogP contribution in [0.2, 0.25) is 0 Å². The molecule has 1 aliphatic rings. The lowest BCUT2D eigenvalue weighted by atomic mass is 9.74. The van der Waals surface area contributed by atoms with Crippen molar-refractivity contribution in [3.05, 3.63) is 34.3 Å². The Kier molecular flexibility index (Phi) is 3.51. The molecule has 17 heavy (non-hydrogen) atoms. The molecule has 0 aromatic heterocycles. The number of hydrogen-bond donors (Lipinski definition) is 2. The van der Waals surface area contributed by atoms with Gasteiger partial charge in [0.2, 0.25) is 0 Å². The van der Waals surface area contributed by atoms with Crippen molar-refractivity contribution in [2.45, 2.75) is 17.9 Å². The topological polar surface area (TPSA) is 72.5 Å². The Morgan fingerprint density at radius 2 is 2.18 bits per heavy atom. The predicted molar refractivity (Wildman–Crippen MR) is 66.9 cm³/mol. The Balaban J connectivity index is 2.26. The molecule has 1 saturated heterocycles. The fraction of sp³-hybridized carbons (Fsp3) is 0.417. The molecule has 1 aromatic rings. The molecule has 92 valence electrons. The predicted octanol–water partition coefficient (Wildman–Crippen LogP) is 1.52. The van der Waals surface area contributed by atoms with Crippen molar-refractivity contribution in [1.82, 2.24) is 0 Å². The maximum absolute atomic E-state index is 10.9. The molecule has 1 fully saturated rings. The van der Waals surface area contributed by atoms with Gasteiger partial charge in [-0.3, -0.25) is 4.79 Å². The number of rotatable bonds is 4. The Labute approximate surface area is 108 Å². The van der Waals surface area contributed by atoms with Gasteiger partial charge in [-0.1, -0.05) is 34.1 Å². The van der Waals surface area contributed by atoms with E-state index in [-0.39, 0.29) is 5.41 Å². The van der Waals surface area contributed by atoms with Crippen LogP contribution < -0.4 is 5.73 Å². The minimum atomic E-state index is -0.969. The first-order valence-corrected chi connectivity index (χ1v) is 6.16. The minimum absolute atomic E-state index is 0.266. The number of carboxylic acid groups (broad SMARTS) is 1. The summed E-state index contributed by atoms with van der Waals surface area (Å²) in [6, 6.07) is 6.94. The van der Waals surface area contributed by atoms with Crippen LogP contribution in [0, 0.1) is 0 Å². The number of hydrogen-bond acceptors (Lipinski definition) is 3. The molecule has 0 spiro atoms. The number of carboxylic acids is 1. The summed E-state index contributed by atoms with van der Waals surface area (Å²) < 4.78 is 6.23. The molecule has 0 amide bonds. The number of benzene rings is 1. The summed E-state index contributed by atoms with van der Waals surface area (Å²) in [5.74, 6) is -0.969. The van der Waals surface area contributed by atoms with Crippen LogP contribution in [-0.4, -0.2) is 30.3 Å². The summed E-state index contributed by atoms with van der Waals surface area (Å²) in [6.07, 6.45) is 0.394. The van der Waals surface area contributed by atoms with Crippen molar-refractivity contribution >= 4 is 21.9 Å². The van der Waals surface area contributed by atoms with Gasteiger partial charge in [-0.2, -0.15) is 0 Å².